The number of benzene rings is 1. The molecule has 21 heavy (non-hydrogen) atoms. The standard InChI is InChI=1S/C16H20N2O2S/c1-5-20-15(19)13-11(2)17(3)16(21)18(4)14(13)12-9-7-6-8-10-12/h6-10,14H,5H2,1-4H3. The van der Waals surface area contributed by atoms with Crippen LogP contribution in [0.25, 0.3) is 0 Å². The largest absolute Gasteiger partial charge is 0.463 e. The van der Waals surface area contributed by atoms with E-state index in [1.54, 1.807) is 0 Å². The number of allylic oxidation sites excluding steroid dienone is 1. The first-order chi connectivity index (χ1) is 9.99. The second kappa shape index (κ2) is 6.26. The fourth-order valence-electron chi connectivity index (χ4n) is 2.56. The monoisotopic (exact) mass is 304 g/mol. The first-order valence-electron chi connectivity index (χ1n) is 6.92. The van der Waals surface area contributed by atoms with Crippen LogP contribution in [0.5, 0.6) is 0 Å². The normalized spacial score (nSPS) is 19.0. The molecule has 1 heterocycles. The van der Waals surface area contributed by atoms with Crippen molar-refractivity contribution in [2.45, 2.75) is 19.9 Å². The summed E-state index contributed by atoms with van der Waals surface area (Å²) in [5, 5.41) is 0.689. The molecule has 0 amide bonds. The Morgan fingerprint density at radius 3 is 2.48 bits per heavy atom. The summed E-state index contributed by atoms with van der Waals surface area (Å²) in [5.41, 5.74) is 2.50. The average Bonchev–Trinajstić information content (AvgIpc) is 2.49. The molecule has 1 aromatic carbocycles. The molecule has 0 spiro atoms. The molecule has 112 valence electrons. The summed E-state index contributed by atoms with van der Waals surface area (Å²) in [6.45, 7) is 4.07. The summed E-state index contributed by atoms with van der Waals surface area (Å²) < 4.78 is 5.24. The van der Waals surface area contributed by atoms with Gasteiger partial charge in [-0.05, 0) is 31.6 Å². The summed E-state index contributed by atoms with van der Waals surface area (Å²) >= 11 is 5.47. The molecule has 0 N–H and O–H groups in total. The predicted molar refractivity (Wildman–Crippen MR) is 86.6 cm³/mol. The van der Waals surface area contributed by atoms with Crippen LogP contribution >= 0.6 is 12.2 Å². The van der Waals surface area contributed by atoms with Gasteiger partial charge in [0.25, 0.3) is 0 Å². The number of ether oxygens (including phenoxy) is 1. The van der Waals surface area contributed by atoms with E-state index < -0.39 is 0 Å². The molecule has 1 atom stereocenters. The molecule has 0 radical (unpaired) electrons. The minimum atomic E-state index is -0.287. The van der Waals surface area contributed by atoms with E-state index in [2.05, 4.69) is 0 Å². The number of nitrogens with zero attached hydrogens (tertiary/aromatic N) is 2. The van der Waals surface area contributed by atoms with Crippen LogP contribution in [-0.2, 0) is 9.53 Å². The Morgan fingerprint density at radius 2 is 1.90 bits per heavy atom. The number of rotatable bonds is 3. The van der Waals surface area contributed by atoms with E-state index in [-0.39, 0.29) is 12.0 Å². The van der Waals surface area contributed by atoms with E-state index in [1.807, 2.05) is 68.1 Å². The maximum atomic E-state index is 12.4. The number of esters is 1. The number of hydrogen-bond donors (Lipinski definition) is 0. The van der Waals surface area contributed by atoms with Gasteiger partial charge in [-0.15, -0.1) is 0 Å². The first kappa shape index (κ1) is 15.5. The van der Waals surface area contributed by atoms with E-state index >= 15 is 0 Å². The minimum absolute atomic E-state index is 0.214. The van der Waals surface area contributed by atoms with Crippen LogP contribution in [-0.4, -0.2) is 41.6 Å². The molecular weight excluding hydrogens is 284 g/mol. The minimum Gasteiger partial charge on any atom is -0.463 e. The van der Waals surface area contributed by atoms with Crippen molar-refractivity contribution in [3.8, 4) is 0 Å². The van der Waals surface area contributed by atoms with Crippen LogP contribution in [0.2, 0.25) is 0 Å². The van der Waals surface area contributed by atoms with Crippen LogP contribution < -0.4 is 0 Å². The zero-order chi connectivity index (χ0) is 15.6. The van der Waals surface area contributed by atoms with Crippen molar-refractivity contribution in [2.75, 3.05) is 20.7 Å². The molecule has 2 rings (SSSR count). The maximum Gasteiger partial charge on any atom is 0.338 e. The average molecular weight is 304 g/mol. The third-order valence-electron chi connectivity index (χ3n) is 3.75. The molecule has 5 heteroatoms. The summed E-state index contributed by atoms with van der Waals surface area (Å²) in [6, 6.07) is 9.67. The lowest BCUT2D eigenvalue weighted by Gasteiger charge is -2.41. The van der Waals surface area contributed by atoms with Crippen LogP contribution in [0.15, 0.2) is 41.6 Å². The second-order valence-electron chi connectivity index (χ2n) is 4.99. The molecular formula is C16H20N2O2S. The lowest BCUT2D eigenvalue weighted by atomic mass is 9.94. The Hall–Kier alpha value is -1.88. The third-order valence-corrected chi connectivity index (χ3v) is 4.31. The molecule has 0 fully saturated rings. The summed E-state index contributed by atoms with van der Waals surface area (Å²) in [4.78, 5) is 16.2. The lowest BCUT2D eigenvalue weighted by Crippen LogP contribution is -2.47. The SMILES string of the molecule is CCOC(=O)C1=C(C)N(C)C(=S)N(C)C1c1ccccc1. The number of carbonyl (C=O) groups excluding carboxylic acids is 1. The highest BCUT2D eigenvalue weighted by Gasteiger charge is 2.37. The van der Waals surface area contributed by atoms with Crippen molar-refractivity contribution in [3.63, 3.8) is 0 Å². The van der Waals surface area contributed by atoms with Crippen molar-refractivity contribution in [2.24, 2.45) is 0 Å². The number of carbonyl (C=O) groups is 1. The van der Waals surface area contributed by atoms with Crippen molar-refractivity contribution >= 4 is 23.3 Å². The summed E-state index contributed by atoms with van der Waals surface area (Å²) in [5.74, 6) is -0.287. The number of hydrogen-bond acceptors (Lipinski definition) is 3. The molecule has 0 saturated heterocycles. The van der Waals surface area contributed by atoms with Gasteiger partial charge >= 0.3 is 5.97 Å². The van der Waals surface area contributed by atoms with Gasteiger partial charge < -0.3 is 14.5 Å². The third kappa shape index (κ3) is 2.78. The molecule has 1 aliphatic rings. The number of likely N-dealkylation sites (N-methyl/N-ethyl adjacent to an activating group) is 1. The lowest BCUT2D eigenvalue weighted by molar-refractivity contribution is -0.139. The smallest absolute Gasteiger partial charge is 0.338 e. The first-order valence-corrected chi connectivity index (χ1v) is 7.33. The Balaban J connectivity index is 2.57. The van der Waals surface area contributed by atoms with Gasteiger partial charge in [0.1, 0.15) is 0 Å². The zero-order valence-corrected chi connectivity index (χ0v) is 13.6. The van der Waals surface area contributed by atoms with Gasteiger partial charge in [-0.2, -0.15) is 0 Å². The van der Waals surface area contributed by atoms with Gasteiger partial charge in [-0.25, -0.2) is 4.79 Å². The second-order valence-corrected chi connectivity index (χ2v) is 5.35. The van der Waals surface area contributed by atoms with Gasteiger partial charge in [0.05, 0.1) is 18.2 Å². The van der Waals surface area contributed by atoms with Crippen LogP contribution in [0.4, 0.5) is 0 Å². The fourth-order valence-corrected chi connectivity index (χ4v) is 2.80. The van der Waals surface area contributed by atoms with Gasteiger partial charge in [-0.3, -0.25) is 0 Å². The molecule has 1 aliphatic heterocycles. The summed E-state index contributed by atoms with van der Waals surface area (Å²) in [6.07, 6.45) is 0. The fraction of sp³-hybridized carbons (Fsp3) is 0.375. The van der Waals surface area contributed by atoms with Crippen LogP contribution in [0.1, 0.15) is 25.5 Å². The maximum absolute atomic E-state index is 12.4. The highest BCUT2D eigenvalue weighted by molar-refractivity contribution is 7.80. The predicted octanol–water partition coefficient (Wildman–Crippen LogP) is 2.73. The van der Waals surface area contributed by atoms with E-state index in [4.69, 9.17) is 17.0 Å². The summed E-state index contributed by atoms with van der Waals surface area (Å²) in [7, 11) is 3.77. The topological polar surface area (TPSA) is 32.8 Å². The van der Waals surface area contributed by atoms with E-state index in [0.29, 0.717) is 17.3 Å². The molecule has 1 aromatic rings. The number of thiocarbonyl (C=S) groups is 1. The Kier molecular flexibility index (Phi) is 4.63. The molecule has 0 aromatic heterocycles. The van der Waals surface area contributed by atoms with Crippen LogP contribution in [0.3, 0.4) is 0 Å². The van der Waals surface area contributed by atoms with E-state index in [1.165, 1.54) is 0 Å². The van der Waals surface area contributed by atoms with Gasteiger partial charge in [0.15, 0.2) is 5.11 Å². The molecule has 0 saturated carbocycles. The molecule has 0 bridgehead atoms. The molecule has 1 unspecified atom stereocenters. The Morgan fingerprint density at radius 1 is 1.29 bits per heavy atom. The van der Waals surface area contributed by atoms with Crippen molar-refractivity contribution < 1.29 is 9.53 Å². The van der Waals surface area contributed by atoms with Gasteiger partial charge in [-0.1, -0.05) is 30.3 Å². The molecule has 0 aliphatic carbocycles. The highest BCUT2D eigenvalue weighted by atomic mass is 32.1. The molecule has 4 nitrogen and oxygen atoms in total. The van der Waals surface area contributed by atoms with Crippen molar-refractivity contribution in [1.82, 2.24) is 9.80 Å². The Bertz CT molecular complexity index is 583. The zero-order valence-electron chi connectivity index (χ0n) is 12.8. The Labute approximate surface area is 131 Å². The van der Waals surface area contributed by atoms with Crippen molar-refractivity contribution in [1.29, 1.82) is 0 Å². The van der Waals surface area contributed by atoms with Gasteiger partial charge in [0, 0.05) is 19.8 Å². The van der Waals surface area contributed by atoms with Gasteiger partial charge in [0.2, 0.25) is 0 Å². The highest BCUT2D eigenvalue weighted by Crippen LogP contribution is 2.36. The van der Waals surface area contributed by atoms with E-state index in [9.17, 15) is 4.79 Å². The van der Waals surface area contributed by atoms with Crippen LogP contribution in [0, 0.1) is 0 Å². The quantitative estimate of drug-likeness (QED) is 0.633. The van der Waals surface area contributed by atoms with Crippen molar-refractivity contribution in [3.05, 3.63) is 47.2 Å². The van der Waals surface area contributed by atoms with E-state index in [0.717, 1.165) is 11.3 Å².